The van der Waals surface area contributed by atoms with E-state index in [4.69, 9.17) is 5.11 Å². The predicted molar refractivity (Wildman–Crippen MR) is 67.6 cm³/mol. The van der Waals surface area contributed by atoms with Gasteiger partial charge in [0.1, 0.15) is 12.0 Å². The second-order valence-corrected chi connectivity index (χ2v) is 4.76. The summed E-state index contributed by atoms with van der Waals surface area (Å²) in [6.45, 7) is 1.12. The Hall–Kier alpha value is -1.29. The molecule has 1 N–H and O–H groups in total. The lowest BCUT2D eigenvalue weighted by atomic mass is 9.79. The van der Waals surface area contributed by atoms with Crippen LogP contribution in [-0.4, -0.2) is 41.8 Å². The lowest BCUT2D eigenvalue weighted by Gasteiger charge is -2.32. The molecule has 0 aromatic rings. The number of nitrogens with zero attached hydrogens (tertiary/aromatic N) is 2. The van der Waals surface area contributed by atoms with Gasteiger partial charge in [-0.05, 0) is 12.8 Å². The quantitative estimate of drug-likeness (QED) is 0.748. The van der Waals surface area contributed by atoms with Gasteiger partial charge in [0.25, 0.3) is 0 Å². The number of rotatable bonds is 8. The molecule has 7 heteroatoms. The van der Waals surface area contributed by atoms with Crippen molar-refractivity contribution in [1.82, 2.24) is 4.90 Å². The van der Waals surface area contributed by atoms with Gasteiger partial charge in [0.2, 0.25) is 5.91 Å². The van der Waals surface area contributed by atoms with Crippen LogP contribution in [0.25, 0.3) is 0 Å². The first-order chi connectivity index (χ1) is 9.26. The summed E-state index contributed by atoms with van der Waals surface area (Å²) in [5, 5.41) is 18.1. The van der Waals surface area contributed by atoms with E-state index in [0.29, 0.717) is 17.7 Å². The van der Waals surface area contributed by atoms with Gasteiger partial charge in [-0.2, -0.15) is 18.4 Å². The van der Waals surface area contributed by atoms with E-state index >= 15 is 0 Å². The van der Waals surface area contributed by atoms with Crippen molar-refractivity contribution in [3.05, 3.63) is 0 Å². The summed E-state index contributed by atoms with van der Waals surface area (Å²) in [4.78, 5) is 12.9. The Bertz CT molecular complexity index is 345. The van der Waals surface area contributed by atoms with Gasteiger partial charge in [-0.15, -0.1) is 0 Å². The molecule has 0 aliphatic heterocycles. The summed E-state index contributed by atoms with van der Waals surface area (Å²) in [7, 11) is 0. The highest BCUT2D eigenvalue weighted by atomic mass is 19.4. The van der Waals surface area contributed by atoms with Crippen LogP contribution in [0.15, 0.2) is 0 Å². The standard InChI is InChI=1S/C13H21F3N2O2/c1-3-5-12(9-17,6-4-2)11(20)18(7-8-19)10-13(14,15)16/h19H,3-8,10H2,1-2H3. The molecule has 4 nitrogen and oxygen atoms in total. The average molecular weight is 294 g/mol. The largest absolute Gasteiger partial charge is 0.406 e. The molecule has 116 valence electrons. The zero-order valence-electron chi connectivity index (χ0n) is 11.8. The minimum atomic E-state index is -4.55. The van der Waals surface area contributed by atoms with Gasteiger partial charge in [0.15, 0.2) is 0 Å². The topological polar surface area (TPSA) is 64.3 Å². The highest BCUT2D eigenvalue weighted by molar-refractivity contribution is 5.85. The maximum atomic E-state index is 12.5. The molecule has 0 heterocycles. The van der Waals surface area contributed by atoms with E-state index in [2.05, 4.69) is 0 Å². The van der Waals surface area contributed by atoms with E-state index in [9.17, 15) is 23.2 Å². The third kappa shape index (κ3) is 5.37. The minimum Gasteiger partial charge on any atom is -0.395 e. The molecule has 0 spiro atoms. The van der Waals surface area contributed by atoms with Gasteiger partial charge in [-0.25, -0.2) is 0 Å². The van der Waals surface area contributed by atoms with Crippen LogP contribution in [0.5, 0.6) is 0 Å². The van der Waals surface area contributed by atoms with Crippen molar-refractivity contribution < 1.29 is 23.1 Å². The maximum absolute atomic E-state index is 12.5. The fourth-order valence-electron chi connectivity index (χ4n) is 2.24. The fourth-order valence-corrected chi connectivity index (χ4v) is 2.24. The number of amides is 1. The minimum absolute atomic E-state index is 0.218. The first kappa shape index (κ1) is 18.7. The Morgan fingerprint density at radius 1 is 1.25 bits per heavy atom. The average Bonchev–Trinajstić information content (AvgIpc) is 2.35. The molecule has 0 bridgehead atoms. The first-order valence-corrected chi connectivity index (χ1v) is 6.64. The normalized spacial score (nSPS) is 12.1. The lowest BCUT2D eigenvalue weighted by molar-refractivity contribution is -0.167. The van der Waals surface area contributed by atoms with Crippen molar-refractivity contribution in [1.29, 1.82) is 5.26 Å². The van der Waals surface area contributed by atoms with Crippen molar-refractivity contribution in [3.63, 3.8) is 0 Å². The van der Waals surface area contributed by atoms with Crippen LogP contribution in [0.1, 0.15) is 39.5 Å². The Labute approximate surface area is 117 Å². The summed E-state index contributed by atoms with van der Waals surface area (Å²) < 4.78 is 37.5. The number of hydrogen-bond acceptors (Lipinski definition) is 3. The molecule has 0 aromatic carbocycles. The molecular formula is C13H21F3N2O2. The molecule has 0 unspecified atom stereocenters. The smallest absolute Gasteiger partial charge is 0.395 e. The van der Waals surface area contributed by atoms with Crippen LogP contribution in [-0.2, 0) is 4.79 Å². The number of aliphatic hydroxyl groups excluding tert-OH is 1. The molecule has 1 amide bonds. The second-order valence-electron chi connectivity index (χ2n) is 4.76. The van der Waals surface area contributed by atoms with Crippen molar-refractivity contribution in [2.24, 2.45) is 5.41 Å². The van der Waals surface area contributed by atoms with E-state index < -0.39 is 37.2 Å². The number of halogens is 3. The molecular weight excluding hydrogens is 273 g/mol. The monoisotopic (exact) mass is 294 g/mol. The maximum Gasteiger partial charge on any atom is 0.406 e. The van der Waals surface area contributed by atoms with Gasteiger partial charge in [-0.3, -0.25) is 4.79 Å². The highest BCUT2D eigenvalue weighted by Crippen LogP contribution is 2.32. The second kappa shape index (κ2) is 8.10. The SMILES string of the molecule is CCCC(C#N)(CCC)C(=O)N(CCO)CC(F)(F)F. The number of nitriles is 1. The van der Waals surface area contributed by atoms with E-state index in [1.165, 1.54) is 0 Å². The van der Waals surface area contributed by atoms with Crippen molar-refractivity contribution >= 4 is 5.91 Å². The first-order valence-electron chi connectivity index (χ1n) is 6.64. The van der Waals surface area contributed by atoms with Crippen molar-refractivity contribution in [3.8, 4) is 6.07 Å². The van der Waals surface area contributed by atoms with Gasteiger partial charge in [0.05, 0.1) is 12.7 Å². The summed E-state index contributed by atoms with van der Waals surface area (Å²) >= 11 is 0. The van der Waals surface area contributed by atoms with Gasteiger partial charge in [-0.1, -0.05) is 26.7 Å². The molecule has 20 heavy (non-hydrogen) atoms. The zero-order chi connectivity index (χ0) is 15.8. The van der Waals surface area contributed by atoms with Crippen LogP contribution >= 0.6 is 0 Å². The molecule has 0 aliphatic rings. The van der Waals surface area contributed by atoms with Gasteiger partial charge < -0.3 is 10.0 Å². The Morgan fingerprint density at radius 3 is 2.05 bits per heavy atom. The van der Waals surface area contributed by atoms with Crippen molar-refractivity contribution in [2.45, 2.75) is 45.7 Å². The zero-order valence-corrected chi connectivity index (χ0v) is 11.8. The van der Waals surface area contributed by atoms with E-state index in [-0.39, 0.29) is 12.8 Å². The lowest BCUT2D eigenvalue weighted by Crippen LogP contribution is -2.48. The summed E-state index contributed by atoms with van der Waals surface area (Å²) in [6.07, 6.45) is -3.06. The molecule has 0 saturated carbocycles. The van der Waals surface area contributed by atoms with E-state index in [1.54, 1.807) is 13.8 Å². The number of alkyl halides is 3. The molecule has 0 aromatic heterocycles. The molecule has 0 fully saturated rings. The van der Waals surface area contributed by atoms with Crippen LogP contribution in [0.3, 0.4) is 0 Å². The van der Waals surface area contributed by atoms with Crippen molar-refractivity contribution in [2.75, 3.05) is 19.7 Å². The van der Waals surface area contributed by atoms with Crippen LogP contribution in [0.2, 0.25) is 0 Å². The molecule has 0 aliphatic carbocycles. The number of hydrogen-bond donors (Lipinski definition) is 1. The fraction of sp³-hybridized carbons (Fsp3) is 0.846. The van der Waals surface area contributed by atoms with E-state index in [0.717, 1.165) is 0 Å². The van der Waals surface area contributed by atoms with Gasteiger partial charge in [0, 0.05) is 6.54 Å². The summed E-state index contributed by atoms with van der Waals surface area (Å²) in [5.41, 5.74) is -1.43. The van der Waals surface area contributed by atoms with Crippen LogP contribution < -0.4 is 0 Å². The number of carbonyl (C=O) groups excluding carboxylic acids is 1. The van der Waals surface area contributed by atoms with Crippen LogP contribution in [0, 0.1) is 16.7 Å². The Morgan fingerprint density at radius 2 is 1.75 bits per heavy atom. The number of carbonyl (C=O) groups is 1. The van der Waals surface area contributed by atoms with Crippen LogP contribution in [0.4, 0.5) is 13.2 Å². The Kier molecular flexibility index (Phi) is 7.58. The summed E-state index contributed by atoms with van der Waals surface area (Å²) in [5.74, 6) is -0.838. The van der Waals surface area contributed by atoms with E-state index in [1.807, 2.05) is 6.07 Å². The predicted octanol–water partition coefficient (Wildman–Crippen LogP) is 2.48. The molecule has 0 rings (SSSR count). The molecule has 0 saturated heterocycles. The third-order valence-electron chi connectivity index (χ3n) is 3.00. The number of aliphatic hydroxyl groups is 1. The molecule has 0 atom stereocenters. The Balaban J connectivity index is 5.30. The highest BCUT2D eigenvalue weighted by Gasteiger charge is 2.43. The third-order valence-corrected chi connectivity index (χ3v) is 3.00. The summed E-state index contributed by atoms with van der Waals surface area (Å²) in [6, 6.07) is 1.90. The van der Waals surface area contributed by atoms with Gasteiger partial charge >= 0.3 is 6.18 Å². The molecule has 0 radical (unpaired) electrons.